The number of nitrogens with zero attached hydrogens (tertiary/aromatic N) is 1. The Kier molecular flexibility index (Phi) is 2.49. The Morgan fingerprint density at radius 1 is 1.55 bits per heavy atom. The van der Waals surface area contributed by atoms with Crippen LogP contribution >= 0.6 is 0 Å². The summed E-state index contributed by atoms with van der Waals surface area (Å²) >= 11 is 0. The van der Waals surface area contributed by atoms with E-state index in [-0.39, 0.29) is 5.56 Å². The highest BCUT2D eigenvalue weighted by Gasteiger charge is 1.87. The lowest BCUT2D eigenvalue weighted by atomic mass is 10.4. The van der Waals surface area contributed by atoms with Crippen molar-refractivity contribution in [3.05, 3.63) is 47.1 Å². The van der Waals surface area contributed by atoms with Crippen LogP contribution in [0.4, 0.5) is 0 Å². The van der Waals surface area contributed by atoms with Crippen LogP contribution in [0.2, 0.25) is 0 Å². The van der Waals surface area contributed by atoms with Gasteiger partial charge in [0.05, 0.1) is 6.26 Å². The van der Waals surface area contributed by atoms with E-state index < -0.39 is 0 Å². The maximum atomic E-state index is 11.0. The number of hydrogen-bond acceptors (Lipinski definition) is 2. The molecule has 11 heavy (non-hydrogen) atoms. The van der Waals surface area contributed by atoms with Crippen LogP contribution < -0.4 is 5.56 Å². The van der Waals surface area contributed by atoms with Crippen molar-refractivity contribution in [1.29, 1.82) is 0 Å². The molecule has 0 amide bonds. The molecule has 1 aromatic heterocycles. The second-order valence-electron chi connectivity index (χ2n) is 2.08. The number of aliphatic hydroxyl groups excluding tert-OH is 1. The van der Waals surface area contributed by atoms with E-state index in [0.29, 0.717) is 6.54 Å². The van der Waals surface area contributed by atoms with Crippen LogP contribution in [0.3, 0.4) is 0 Å². The van der Waals surface area contributed by atoms with E-state index >= 15 is 0 Å². The highest BCUT2D eigenvalue weighted by molar-refractivity contribution is 4.94. The van der Waals surface area contributed by atoms with Crippen molar-refractivity contribution in [2.24, 2.45) is 0 Å². The fourth-order valence-electron chi connectivity index (χ4n) is 0.772. The third-order valence-corrected chi connectivity index (χ3v) is 1.31. The van der Waals surface area contributed by atoms with Crippen molar-refractivity contribution in [3.63, 3.8) is 0 Å². The van der Waals surface area contributed by atoms with Gasteiger partial charge in [-0.3, -0.25) is 4.79 Å². The molecule has 0 unspecified atom stereocenters. The molecule has 58 valence electrons. The molecular weight excluding hydrogens is 142 g/mol. The Labute approximate surface area is 64.2 Å². The topological polar surface area (TPSA) is 42.2 Å². The van der Waals surface area contributed by atoms with Gasteiger partial charge < -0.3 is 9.67 Å². The first-order valence-electron chi connectivity index (χ1n) is 3.29. The second kappa shape index (κ2) is 3.61. The predicted molar refractivity (Wildman–Crippen MR) is 42.5 cm³/mol. The molecule has 0 bridgehead atoms. The van der Waals surface area contributed by atoms with Gasteiger partial charge in [-0.25, -0.2) is 0 Å². The molecule has 0 aromatic carbocycles. The smallest absolute Gasteiger partial charge is 0.250 e. The third kappa shape index (κ3) is 1.97. The van der Waals surface area contributed by atoms with E-state index in [1.54, 1.807) is 18.3 Å². The van der Waals surface area contributed by atoms with Crippen LogP contribution in [0.5, 0.6) is 0 Å². The van der Waals surface area contributed by atoms with Gasteiger partial charge in [0.1, 0.15) is 0 Å². The van der Waals surface area contributed by atoms with Gasteiger partial charge in [0.25, 0.3) is 5.56 Å². The van der Waals surface area contributed by atoms with Crippen molar-refractivity contribution >= 4 is 0 Å². The molecule has 1 aromatic rings. The minimum atomic E-state index is -0.0643. The molecule has 3 heteroatoms. The molecule has 1 rings (SSSR count). The van der Waals surface area contributed by atoms with Gasteiger partial charge in [-0.15, -0.1) is 0 Å². The normalized spacial score (nSPS) is 10.5. The molecule has 0 saturated heterocycles. The maximum absolute atomic E-state index is 11.0. The first-order chi connectivity index (χ1) is 5.34. The first kappa shape index (κ1) is 7.60. The lowest BCUT2D eigenvalue weighted by Crippen LogP contribution is -2.16. The van der Waals surface area contributed by atoms with E-state index in [0.717, 1.165) is 6.26 Å². The Bertz CT molecular complexity index is 301. The number of rotatable bonds is 2. The average Bonchev–Trinajstić information content (AvgIpc) is 2.03. The van der Waals surface area contributed by atoms with E-state index in [1.807, 2.05) is 0 Å². The SMILES string of the molecule is O=c1ccccn1CC=CO. The molecule has 0 atom stereocenters. The zero-order valence-corrected chi connectivity index (χ0v) is 5.97. The van der Waals surface area contributed by atoms with E-state index in [9.17, 15) is 4.79 Å². The Hall–Kier alpha value is -1.51. The van der Waals surface area contributed by atoms with Gasteiger partial charge in [-0.1, -0.05) is 6.07 Å². The Balaban J connectivity index is 2.86. The molecule has 0 spiro atoms. The Morgan fingerprint density at radius 3 is 3.00 bits per heavy atom. The number of allylic oxidation sites excluding steroid dienone is 1. The van der Waals surface area contributed by atoms with Gasteiger partial charge in [0.15, 0.2) is 0 Å². The summed E-state index contributed by atoms with van der Waals surface area (Å²) in [7, 11) is 0. The number of hydrogen-bond donors (Lipinski definition) is 1. The van der Waals surface area contributed by atoms with Crippen LogP contribution in [0.15, 0.2) is 41.5 Å². The first-order valence-corrected chi connectivity index (χ1v) is 3.29. The summed E-state index contributed by atoms with van der Waals surface area (Å²) in [6, 6.07) is 4.93. The van der Waals surface area contributed by atoms with Gasteiger partial charge in [0.2, 0.25) is 0 Å². The minimum Gasteiger partial charge on any atom is -0.516 e. The molecular formula is C8H9NO2. The molecule has 3 nitrogen and oxygen atoms in total. The monoisotopic (exact) mass is 151 g/mol. The highest BCUT2D eigenvalue weighted by atomic mass is 16.2. The molecule has 0 saturated carbocycles. The maximum Gasteiger partial charge on any atom is 0.250 e. The summed E-state index contributed by atoms with van der Waals surface area (Å²) in [5, 5.41) is 8.32. The third-order valence-electron chi connectivity index (χ3n) is 1.31. The summed E-state index contributed by atoms with van der Waals surface area (Å²) in [6.07, 6.45) is 4.10. The van der Waals surface area contributed by atoms with E-state index in [4.69, 9.17) is 5.11 Å². The number of aliphatic hydroxyl groups is 1. The van der Waals surface area contributed by atoms with Gasteiger partial charge in [-0.2, -0.15) is 0 Å². The van der Waals surface area contributed by atoms with Gasteiger partial charge >= 0.3 is 0 Å². The average molecular weight is 151 g/mol. The molecule has 0 aliphatic carbocycles. The Morgan fingerprint density at radius 2 is 2.36 bits per heavy atom. The molecule has 0 fully saturated rings. The van der Waals surface area contributed by atoms with Crippen molar-refractivity contribution in [3.8, 4) is 0 Å². The molecule has 1 N–H and O–H groups in total. The van der Waals surface area contributed by atoms with Crippen molar-refractivity contribution in [1.82, 2.24) is 4.57 Å². The minimum absolute atomic E-state index is 0.0643. The van der Waals surface area contributed by atoms with Crippen LogP contribution in [0, 0.1) is 0 Å². The van der Waals surface area contributed by atoms with Crippen LogP contribution in [0.25, 0.3) is 0 Å². The van der Waals surface area contributed by atoms with Gasteiger partial charge in [0, 0.05) is 18.8 Å². The highest BCUT2D eigenvalue weighted by Crippen LogP contribution is 1.82. The fourth-order valence-corrected chi connectivity index (χ4v) is 0.772. The lowest BCUT2D eigenvalue weighted by Gasteiger charge is -1.97. The largest absolute Gasteiger partial charge is 0.516 e. The molecule has 1 heterocycles. The predicted octanol–water partition coefficient (Wildman–Crippen LogP) is 0.920. The van der Waals surface area contributed by atoms with Crippen LogP contribution in [0.1, 0.15) is 0 Å². The van der Waals surface area contributed by atoms with Crippen molar-refractivity contribution < 1.29 is 5.11 Å². The molecule has 0 aliphatic rings. The number of pyridine rings is 1. The second-order valence-corrected chi connectivity index (χ2v) is 2.08. The summed E-state index contributed by atoms with van der Waals surface area (Å²) in [6.45, 7) is 0.413. The van der Waals surface area contributed by atoms with Crippen LogP contribution in [-0.4, -0.2) is 9.67 Å². The van der Waals surface area contributed by atoms with Crippen molar-refractivity contribution in [2.75, 3.05) is 0 Å². The van der Waals surface area contributed by atoms with E-state index in [1.165, 1.54) is 16.7 Å². The summed E-state index contributed by atoms with van der Waals surface area (Å²) in [5.74, 6) is 0. The van der Waals surface area contributed by atoms with Gasteiger partial charge in [-0.05, 0) is 12.1 Å². The molecule has 0 aliphatic heterocycles. The fraction of sp³-hybridized carbons (Fsp3) is 0.125. The summed E-state index contributed by atoms with van der Waals surface area (Å²) in [5.41, 5.74) is -0.0643. The van der Waals surface area contributed by atoms with Crippen molar-refractivity contribution in [2.45, 2.75) is 6.54 Å². The summed E-state index contributed by atoms with van der Waals surface area (Å²) in [4.78, 5) is 11.0. The number of aromatic nitrogens is 1. The quantitative estimate of drug-likeness (QED) is 0.638. The summed E-state index contributed by atoms with van der Waals surface area (Å²) < 4.78 is 1.49. The molecule has 0 radical (unpaired) electrons. The standard InChI is InChI=1S/C8H9NO2/c10-7-3-6-9-5-2-1-4-8(9)11/h1-5,7,10H,6H2. The zero-order valence-electron chi connectivity index (χ0n) is 5.97. The lowest BCUT2D eigenvalue weighted by molar-refractivity contribution is 0.469. The van der Waals surface area contributed by atoms with E-state index in [2.05, 4.69) is 0 Å². The van der Waals surface area contributed by atoms with Crippen LogP contribution in [-0.2, 0) is 6.54 Å². The zero-order chi connectivity index (χ0) is 8.10.